The van der Waals surface area contributed by atoms with Crippen molar-refractivity contribution in [1.82, 2.24) is 0 Å². The third-order valence-electron chi connectivity index (χ3n) is 2.39. The zero-order valence-electron chi connectivity index (χ0n) is 10.6. The predicted octanol–water partition coefficient (Wildman–Crippen LogP) is 3.78. The quantitative estimate of drug-likeness (QED) is 0.901. The van der Waals surface area contributed by atoms with Crippen LogP contribution in [0.15, 0.2) is 54.6 Å². The molecule has 2 aromatic rings. The molecule has 0 aromatic heterocycles. The summed E-state index contributed by atoms with van der Waals surface area (Å²) < 4.78 is 5.67. The fourth-order valence-electron chi connectivity index (χ4n) is 1.56. The summed E-state index contributed by atoms with van der Waals surface area (Å²) in [5, 5.41) is 2.82. The Kier molecular flexibility index (Phi) is 4.86. The van der Waals surface area contributed by atoms with E-state index in [1.165, 1.54) is 11.8 Å². The molecule has 0 aliphatic rings. The number of hydrogen-bond acceptors (Lipinski definition) is 3. The Balaban J connectivity index is 1.97. The predicted molar refractivity (Wildman–Crippen MR) is 80.0 cm³/mol. The third-order valence-corrected chi connectivity index (χ3v) is 2.94. The molecule has 19 heavy (non-hydrogen) atoms. The van der Waals surface area contributed by atoms with E-state index in [0.717, 1.165) is 17.2 Å². The number of hydrogen-bond donors (Lipinski definition) is 1. The lowest BCUT2D eigenvalue weighted by atomic mass is 10.3. The van der Waals surface area contributed by atoms with Gasteiger partial charge in [0.1, 0.15) is 11.5 Å². The SMILES string of the molecule is CSCC(=O)Nc1ccc(Oc2ccccc2)cc1. The van der Waals surface area contributed by atoms with Crippen molar-refractivity contribution in [2.75, 3.05) is 17.3 Å². The lowest BCUT2D eigenvalue weighted by Crippen LogP contribution is -2.13. The average Bonchev–Trinajstić information content (AvgIpc) is 2.42. The zero-order chi connectivity index (χ0) is 13.5. The van der Waals surface area contributed by atoms with Crippen LogP contribution in [0.25, 0.3) is 0 Å². The van der Waals surface area contributed by atoms with Crippen LogP contribution in [0.3, 0.4) is 0 Å². The van der Waals surface area contributed by atoms with Crippen molar-refractivity contribution in [3.63, 3.8) is 0 Å². The highest BCUT2D eigenvalue weighted by Gasteiger charge is 2.01. The molecule has 98 valence electrons. The van der Waals surface area contributed by atoms with Crippen LogP contribution in [-0.2, 0) is 4.79 Å². The molecule has 0 spiro atoms. The monoisotopic (exact) mass is 273 g/mol. The fraction of sp³-hybridized carbons (Fsp3) is 0.133. The van der Waals surface area contributed by atoms with Crippen LogP contribution in [-0.4, -0.2) is 17.9 Å². The number of rotatable bonds is 5. The molecule has 4 heteroatoms. The summed E-state index contributed by atoms with van der Waals surface area (Å²) in [5.74, 6) is 2.00. The first-order valence-corrected chi connectivity index (χ1v) is 7.29. The average molecular weight is 273 g/mol. The number of thioether (sulfide) groups is 1. The van der Waals surface area contributed by atoms with Gasteiger partial charge in [-0.1, -0.05) is 18.2 Å². The van der Waals surface area contributed by atoms with Crippen molar-refractivity contribution in [2.24, 2.45) is 0 Å². The number of carbonyl (C=O) groups excluding carboxylic acids is 1. The standard InChI is InChI=1S/C15H15NO2S/c1-19-11-15(17)16-12-7-9-14(10-8-12)18-13-5-3-2-4-6-13/h2-10H,11H2,1H3,(H,16,17). The summed E-state index contributed by atoms with van der Waals surface area (Å²) in [6, 6.07) is 16.9. The highest BCUT2D eigenvalue weighted by atomic mass is 32.2. The molecule has 0 saturated carbocycles. The van der Waals surface area contributed by atoms with Gasteiger partial charge < -0.3 is 10.1 Å². The van der Waals surface area contributed by atoms with Gasteiger partial charge in [-0.3, -0.25) is 4.79 Å². The molecule has 2 rings (SSSR count). The zero-order valence-corrected chi connectivity index (χ0v) is 11.4. The van der Waals surface area contributed by atoms with Crippen LogP contribution in [0.2, 0.25) is 0 Å². The molecule has 0 aliphatic heterocycles. The van der Waals surface area contributed by atoms with E-state index >= 15 is 0 Å². The Morgan fingerprint density at radius 2 is 1.68 bits per heavy atom. The lowest BCUT2D eigenvalue weighted by Gasteiger charge is -2.07. The number of carbonyl (C=O) groups is 1. The fourth-order valence-corrected chi connectivity index (χ4v) is 1.89. The van der Waals surface area contributed by atoms with Gasteiger partial charge >= 0.3 is 0 Å². The summed E-state index contributed by atoms with van der Waals surface area (Å²) in [5.41, 5.74) is 0.777. The van der Waals surface area contributed by atoms with E-state index in [9.17, 15) is 4.79 Å². The minimum atomic E-state index is 0.00391. The van der Waals surface area contributed by atoms with Gasteiger partial charge in [0.05, 0.1) is 5.75 Å². The van der Waals surface area contributed by atoms with E-state index in [2.05, 4.69) is 5.32 Å². The van der Waals surface area contributed by atoms with E-state index in [4.69, 9.17) is 4.74 Å². The van der Waals surface area contributed by atoms with Crippen LogP contribution >= 0.6 is 11.8 Å². The largest absolute Gasteiger partial charge is 0.457 e. The molecule has 0 aliphatic carbocycles. The minimum Gasteiger partial charge on any atom is -0.457 e. The summed E-state index contributed by atoms with van der Waals surface area (Å²) in [6.07, 6.45) is 1.90. The van der Waals surface area contributed by atoms with Crippen LogP contribution in [0, 0.1) is 0 Å². The number of anilines is 1. The van der Waals surface area contributed by atoms with Gasteiger partial charge in [0, 0.05) is 5.69 Å². The molecule has 1 N–H and O–H groups in total. The summed E-state index contributed by atoms with van der Waals surface area (Å²) in [4.78, 5) is 11.4. The Morgan fingerprint density at radius 1 is 1.05 bits per heavy atom. The normalized spacial score (nSPS) is 9.95. The van der Waals surface area contributed by atoms with Crippen LogP contribution in [0.4, 0.5) is 5.69 Å². The van der Waals surface area contributed by atoms with Gasteiger partial charge in [-0.05, 0) is 42.7 Å². The number of nitrogens with one attached hydrogen (secondary N) is 1. The Labute approximate surface area is 117 Å². The second-order valence-corrected chi connectivity index (χ2v) is 4.79. The highest BCUT2D eigenvalue weighted by molar-refractivity contribution is 7.99. The van der Waals surface area contributed by atoms with Crippen LogP contribution in [0.1, 0.15) is 0 Å². The van der Waals surface area contributed by atoms with E-state index < -0.39 is 0 Å². The van der Waals surface area contributed by atoms with Gasteiger partial charge in [0.25, 0.3) is 0 Å². The summed E-state index contributed by atoms with van der Waals surface area (Å²) >= 11 is 1.50. The molecule has 0 atom stereocenters. The van der Waals surface area contributed by atoms with Crippen LogP contribution in [0.5, 0.6) is 11.5 Å². The van der Waals surface area contributed by atoms with E-state index in [1.807, 2.05) is 60.9 Å². The van der Waals surface area contributed by atoms with Gasteiger partial charge in [0.15, 0.2) is 0 Å². The molecule has 3 nitrogen and oxygen atoms in total. The van der Waals surface area contributed by atoms with Crippen molar-refractivity contribution in [2.45, 2.75) is 0 Å². The molecule has 0 saturated heterocycles. The molecule has 0 fully saturated rings. The molecular formula is C15H15NO2S. The first-order chi connectivity index (χ1) is 9.28. The third kappa shape index (κ3) is 4.34. The Hall–Kier alpha value is -1.94. The van der Waals surface area contributed by atoms with Crippen LogP contribution < -0.4 is 10.1 Å². The Bertz CT molecular complexity index is 526. The maximum atomic E-state index is 11.4. The maximum Gasteiger partial charge on any atom is 0.234 e. The first-order valence-electron chi connectivity index (χ1n) is 5.89. The molecule has 0 unspecified atom stereocenters. The summed E-state index contributed by atoms with van der Waals surface area (Å²) in [7, 11) is 0. The molecule has 0 radical (unpaired) electrons. The smallest absolute Gasteiger partial charge is 0.234 e. The Morgan fingerprint density at radius 3 is 2.32 bits per heavy atom. The second kappa shape index (κ2) is 6.85. The van der Waals surface area contributed by atoms with Crippen molar-refractivity contribution in [3.8, 4) is 11.5 Å². The number of benzene rings is 2. The first kappa shape index (κ1) is 13.5. The van der Waals surface area contributed by atoms with Crippen molar-refractivity contribution < 1.29 is 9.53 Å². The lowest BCUT2D eigenvalue weighted by molar-refractivity contribution is -0.113. The number of ether oxygens (including phenoxy) is 1. The molecular weight excluding hydrogens is 258 g/mol. The van der Waals surface area contributed by atoms with E-state index in [1.54, 1.807) is 0 Å². The van der Waals surface area contributed by atoms with Crippen molar-refractivity contribution in [1.29, 1.82) is 0 Å². The van der Waals surface area contributed by atoms with Crippen molar-refractivity contribution in [3.05, 3.63) is 54.6 Å². The van der Waals surface area contributed by atoms with E-state index in [-0.39, 0.29) is 5.91 Å². The number of para-hydroxylation sites is 1. The number of amides is 1. The van der Waals surface area contributed by atoms with Gasteiger partial charge in [-0.25, -0.2) is 0 Å². The van der Waals surface area contributed by atoms with Gasteiger partial charge in [-0.2, -0.15) is 11.8 Å². The molecule has 2 aromatic carbocycles. The highest BCUT2D eigenvalue weighted by Crippen LogP contribution is 2.22. The van der Waals surface area contributed by atoms with Gasteiger partial charge in [0.2, 0.25) is 5.91 Å². The molecule has 1 amide bonds. The topological polar surface area (TPSA) is 38.3 Å². The summed E-state index contributed by atoms with van der Waals surface area (Å²) in [6.45, 7) is 0. The van der Waals surface area contributed by atoms with Crippen molar-refractivity contribution >= 4 is 23.4 Å². The maximum absolute atomic E-state index is 11.4. The molecule has 0 bridgehead atoms. The van der Waals surface area contributed by atoms with E-state index in [0.29, 0.717) is 5.75 Å². The van der Waals surface area contributed by atoms with Gasteiger partial charge in [-0.15, -0.1) is 0 Å². The minimum absolute atomic E-state index is 0.00391. The molecule has 0 heterocycles. The second-order valence-electron chi connectivity index (χ2n) is 3.92.